The van der Waals surface area contributed by atoms with Gasteiger partial charge >= 0.3 is 0 Å². The second-order valence-corrected chi connectivity index (χ2v) is 8.92. The van der Waals surface area contributed by atoms with Crippen LogP contribution in [0.15, 0.2) is 53.4 Å². The Kier molecular flexibility index (Phi) is 6.84. The number of halogens is 1. The molecule has 1 fully saturated rings. The average molecular weight is 434 g/mol. The molecule has 160 valence electrons. The van der Waals surface area contributed by atoms with E-state index in [1.54, 1.807) is 36.1 Å². The summed E-state index contributed by atoms with van der Waals surface area (Å²) < 4.78 is 40.7. The summed E-state index contributed by atoms with van der Waals surface area (Å²) in [5, 5.41) is 2.67. The van der Waals surface area contributed by atoms with Crippen molar-refractivity contribution in [2.45, 2.75) is 31.1 Å². The van der Waals surface area contributed by atoms with Gasteiger partial charge in [0.05, 0.1) is 6.54 Å². The van der Waals surface area contributed by atoms with Gasteiger partial charge in [-0.05, 0) is 43.2 Å². The number of carbonyl (C=O) groups excluding carboxylic acids is 2. The molecule has 1 aliphatic rings. The van der Waals surface area contributed by atoms with E-state index in [9.17, 15) is 22.4 Å². The maximum absolute atomic E-state index is 14.1. The first kappa shape index (κ1) is 21.9. The molecule has 9 heteroatoms. The molecule has 0 unspecified atom stereocenters. The molecule has 0 aliphatic carbocycles. The van der Waals surface area contributed by atoms with Crippen molar-refractivity contribution < 1.29 is 22.4 Å². The average Bonchev–Trinajstić information content (AvgIpc) is 3.14. The van der Waals surface area contributed by atoms with Crippen LogP contribution >= 0.6 is 0 Å². The molecule has 1 heterocycles. The Balaban J connectivity index is 1.75. The van der Waals surface area contributed by atoms with Crippen LogP contribution < -0.4 is 10.2 Å². The highest BCUT2D eigenvalue weighted by Gasteiger charge is 2.28. The maximum atomic E-state index is 14.1. The van der Waals surface area contributed by atoms with Crippen molar-refractivity contribution in [2.24, 2.45) is 0 Å². The summed E-state index contributed by atoms with van der Waals surface area (Å²) >= 11 is 0. The fourth-order valence-corrected chi connectivity index (χ4v) is 4.91. The standard InChI is InChI=1S/C21H24FN3O4S/c1-2-12-24(30(28,29)19-10-4-3-9-18(19)22)15-20(26)23-16-7-5-8-17(14-16)25-13-6-11-21(25)27/h3-5,7-10,14H,2,6,11-13,15H2,1H3,(H,23,26). The van der Waals surface area contributed by atoms with Gasteiger partial charge in [-0.25, -0.2) is 12.8 Å². The first-order chi connectivity index (χ1) is 14.3. The molecule has 2 aromatic rings. The molecule has 0 bridgehead atoms. The van der Waals surface area contributed by atoms with Gasteiger partial charge in [0, 0.05) is 30.9 Å². The zero-order valence-electron chi connectivity index (χ0n) is 16.7. The summed E-state index contributed by atoms with van der Waals surface area (Å²) in [5.41, 5.74) is 1.14. The van der Waals surface area contributed by atoms with Crippen molar-refractivity contribution in [3.05, 3.63) is 54.3 Å². The minimum absolute atomic E-state index is 0.0311. The summed E-state index contributed by atoms with van der Waals surface area (Å²) in [6.07, 6.45) is 1.75. The van der Waals surface area contributed by atoms with Gasteiger partial charge in [-0.15, -0.1) is 0 Å². The normalized spacial score (nSPS) is 14.4. The lowest BCUT2D eigenvalue weighted by Crippen LogP contribution is -2.38. The van der Waals surface area contributed by atoms with Gasteiger partial charge in [0.25, 0.3) is 0 Å². The summed E-state index contributed by atoms with van der Waals surface area (Å²) in [4.78, 5) is 25.7. The van der Waals surface area contributed by atoms with Crippen LogP contribution in [0.4, 0.5) is 15.8 Å². The molecular weight excluding hydrogens is 409 g/mol. The number of nitrogens with zero attached hydrogens (tertiary/aromatic N) is 2. The topological polar surface area (TPSA) is 86.8 Å². The third-order valence-electron chi connectivity index (χ3n) is 4.76. The highest BCUT2D eigenvalue weighted by atomic mass is 32.2. The fourth-order valence-electron chi connectivity index (χ4n) is 3.36. The minimum atomic E-state index is -4.17. The van der Waals surface area contributed by atoms with E-state index in [1.165, 1.54) is 18.2 Å². The van der Waals surface area contributed by atoms with Crippen molar-refractivity contribution in [1.82, 2.24) is 4.31 Å². The van der Waals surface area contributed by atoms with Gasteiger partial charge in [0.1, 0.15) is 10.7 Å². The molecule has 0 atom stereocenters. The van der Waals surface area contributed by atoms with E-state index in [4.69, 9.17) is 0 Å². The Hall–Kier alpha value is -2.78. The lowest BCUT2D eigenvalue weighted by molar-refractivity contribution is -0.117. The van der Waals surface area contributed by atoms with Gasteiger partial charge in [0.15, 0.2) is 0 Å². The van der Waals surface area contributed by atoms with E-state index in [1.807, 2.05) is 0 Å². The van der Waals surface area contributed by atoms with Crippen LogP contribution in [0, 0.1) is 5.82 Å². The molecule has 3 rings (SSSR count). The third-order valence-corrected chi connectivity index (χ3v) is 6.64. The number of anilines is 2. The smallest absolute Gasteiger partial charge is 0.246 e. The predicted molar refractivity (Wildman–Crippen MR) is 112 cm³/mol. The highest BCUT2D eigenvalue weighted by molar-refractivity contribution is 7.89. The summed E-state index contributed by atoms with van der Waals surface area (Å²) in [5.74, 6) is -1.38. The number of rotatable bonds is 8. The van der Waals surface area contributed by atoms with E-state index in [0.29, 0.717) is 30.8 Å². The molecule has 2 amide bonds. The monoisotopic (exact) mass is 433 g/mol. The van der Waals surface area contributed by atoms with Crippen molar-refractivity contribution in [3.63, 3.8) is 0 Å². The lowest BCUT2D eigenvalue weighted by atomic mass is 10.2. The van der Waals surface area contributed by atoms with Crippen LogP contribution in [0.1, 0.15) is 26.2 Å². The van der Waals surface area contributed by atoms with E-state index in [2.05, 4.69) is 5.32 Å². The van der Waals surface area contributed by atoms with Crippen molar-refractivity contribution in [2.75, 3.05) is 29.9 Å². The van der Waals surface area contributed by atoms with Gasteiger partial charge in [-0.2, -0.15) is 4.31 Å². The van der Waals surface area contributed by atoms with Crippen LogP contribution in [0.5, 0.6) is 0 Å². The molecule has 1 N–H and O–H groups in total. The number of sulfonamides is 1. The van der Waals surface area contributed by atoms with Crippen molar-refractivity contribution in [1.29, 1.82) is 0 Å². The zero-order valence-corrected chi connectivity index (χ0v) is 17.5. The molecule has 0 spiro atoms. The maximum Gasteiger partial charge on any atom is 0.246 e. The molecule has 7 nitrogen and oxygen atoms in total. The summed E-state index contributed by atoms with van der Waals surface area (Å²) in [7, 11) is -4.17. The van der Waals surface area contributed by atoms with Crippen LogP contribution in [0.3, 0.4) is 0 Å². The van der Waals surface area contributed by atoms with Crippen LogP contribution in [0.2, 0.25) is 0 Å². The van der Waals surface area contributed by atoms with Crippen LogP contribution in [-0.2, 0) is 19.6 Å². The van der Waals surface area contributed by atoms with E-state index in [-0.39, 0.29) is 12.5 Å². The van der Waals surface area contributed by atoms with Crippen molar-refractivity contribution >= 4 is 33.2 Å². The summed E-state index contributed by atoms with van der Waals surface area (Å²) in [6.45, 7) is 2.03. The summed E-state index contributed by atoms with van der Waals surface area (Å²) in [6, 6.07) is 11.9. The Bertz CT molecular complexity index is 1040. The van der Waals surface area contributed by atoms with E-state index < -0.39 is 33.2 Å². The third kappa shape index (κ3) is 4.85. The minimum Gasteiger partial charge on any atom is -0.325 e. The first-order valence-corrected chi connectivity index (χ1v) is 11.2. The van der Waals surface area contributed by atoms with E-state index in [0.717, 1.165) is 16.8 Å². The first-order valence-electron chi connectivity index (χ1n) is 9.78. The fraction of sp³-hybridized carbons (Fsp3) is 0.333. The van der Waals surface area contributed by atoms with Crippen LogP contribution in [0.25, 0.3) is 0 Å². The number of nitrogens with one attached hydrogen (secondary N) is 1. The molecule has 1 aliphatic heterocycles. The second-order valence-electron chi connectivity index (χ2n) is 7.02. The molecule has 1 saturated heterocycles. The molecule has 30 heavy (non-hydrogen) atoms. The van der Waals surface area contributed by atoms with Gasteiger partial charge in [-0.3, -0.25) is 9.59 Å². The molecule has 0 radical (unpaired) electrons. The number of benzene rings is 2. The van der Waals surface area contributed by atoms with Gasteiger partial charge < -0.3 is 10.2 Å². The molecular formula is C21H24FN3O4S. The van der Waals surface area contributed by atoms with Crippen LogP contribution in [-0.4, -0.2) is 44.2 Å². The highest BCUT2D eigenvalue weighted by Crippen LogP contribution is 2.24. The molecule has 0 aromatic heterocycles. The zero-order chi connectivity index (χ0) is 21.7. The number of amides is 2. The Morgan fingerprint density at radius 2 is 1.97 bits per heavy atom. The molecule has 2 aromatic carbocycles. The Morgan fingerprint density at radius 1 is 1.20 bits per heavy atom. The quantitative estimate of drug-likeness (QED) is 0.693. The Morgan fingerprint density at radius 3 is 2.63 bits per heavy atom. The largest absolute Gasteiger partial charge is 0.325 e. The Labute approximate surface area is 175 Å². The van der Waals surface area contributed by atoms with Gasteiger partial charge in [-0.1, -0.05) is 25.1 Å². The predicted octanol–water partition coefficient (Wildman–Crippen LogP) is 2.99. The van der Waals surface area contributed by atoms with Gasteiger partial charge in [0.2, 0.25) is 21.8 Å². The van der Waals surface area contributed by atoms with Crippen molar-refractivity contribution in [3.8, 4) is 0 Å². The number of hydrogen-bond donors (Lipinski definition) is 1. The number of carbonyl (C=O) groups is 2. The second kappa shape index (κ2) is 9.36. The SMILES string of the molecule is CCCN(CC(=O)Nc1cccc(N2CCCC2=O)c1)S(=O)(=O)c1ccccc1F. The molecule has 0 saturated carbocycles. The lowest BCUT2D eigenvalue weighted by Gasteiger charge is -2.22. The van der Waals surface area contributed by atoms with E-state index >= 15 is 0 Å². The number of hydrogen-bond acceptors (Lipinski definition) is 4.